The van der Waals surface area contributed by atoms with Gasteiger partial charge in [0, 0.05) is 6.04 Å². The Morgan fingerprint density at radius 2 is 2.33 bits per heavy atom. The summed E-state index contributed by atoms with van der Waals surface area (Å²) in [4.78, 5) is 15.2. The van der Waals surface area contributed by atoms with E-state index in [0.717, 1.165) is 4.60 Å². The lowest BCUT2D eigenvalue weighted by Gasteiger charge is -2.09. The molecule has 0 saturated heterocycles. The number of hydrogen-bond donors (Lipinski definition) is 1. The maximum atomic E-state index is 11.2. The summed E-state index contributed by atoms with van der Waals surface area (Å²) in [5.74, 6) is 0.449. The summed E-state index contributed by atoms with van der Waals surface area (Å²) in [6.07, 6.45) is 1.56. The van der Waals surface area contributed by atoms with Crippen LogP contribution in [0.1, 0.15) is 13.8 Å². The first-order valence-electron chi connectivity index (χ1n) is 4.61. The van der Waals surface area contributed by atoms with Crippen molar-refractivity contribution in [2.75, 3.05) is 6.61 Å². The van der Waals surface area contributed by atoms with E-state index in [-0.39, 0.29) is 18.6 Å². The lowest BCUT2D eigenvalue weighted by molar-refractivity contribution is -0.123. The first-order valence-corrected chi connectivity index (χ1v) is 5.41. The number of aromatic nitrogens is 1. The van der Waals surface area contributed by atoms with Crippen LogP contribution in [0.3, 0.4) is 0 Å². The van der Waals surface area contributed by atoms with Crippen LogP contribution in [0.15, 0.2) is 22.9 Å². The van der Waals surface area contributed by atoms with E-state index in [9.17, 15) is 4.79 Å². The van der Waals surface area contributed by atoms with Crippen molar-refractivity contribution in [3.05, 3.63) is 22.9 Å². The van der Waals surface area contributed by atoms with E-state index in [1.165, 1.54) is 0 Å². The topological polar surface area (TPSA) is 51.2 Å². The zero-order chi connectivity index (χ0) is 11.3. The quantitative estimate of drug-likeness (QED) is 0.850. The highest BCUT2D eigenvalue weighted by Gasteiger charge is 2.04. The van der Waals surface area contributed by atoms with E-state index < -0.39 is 0 Å². The largest absolute Gasteiger partial charge is 0.482 e. The fraction of sp³-hybridized carbons (Fsp3) is 0.400. The third-order valence-electron chi connectivity index (χ3n) is 1.52. The van der Waals surface area contributed by atoms with Crippen molar-refractivity contribution >= 4 is 21.8 Å². The van der Waals surface area contributed by atoms with E-state index in [0.29, 0.717) is 5.75 Å². The van der Waals surface area contributed by atoms with E-state index >= 15 is 0 Å². The van der Waals surface area contributed by atoms with Crippen LogP contribution in [-0.2, 0) is 4.79 Å². The predicted octanol–water partition coefficient (Wildman–Crippen LogP) is 1.75. The van der Waals surface area contributed by atoms with Gasteiger partial charge < -0.3 is 10.1 Å². The summed E-state index contributed by atoms with van der Waals surface area (Å²) in [5.41, 5.74) is 0. The SMILES string of the molecule is CC(C)NC(=O)COc1ccc(Br)nc1. The van der Waals surface area contributed by atoms with Crippen molar-refractivity contribution in [1.82, 2.24) is 10.3 Å². The molecule has 1 aromatic rings. The second kappa shape index (κ2) is 5.70. The molecule has 0 unspecified atom stereocenters. The second-order valence-electron chi connectivity index (χ2n) is 3.33. The van der Waals surface area contributed by atoms with Crippen molar-refractivity contribution < 1.29 is 9.53 Å². The summed E-state index contributed by atoms with van der Waals surface area (Å²) >= 11 is 3.21. The van der Waals surface area contributed by atoms with Crippen LogP contribution in [0, 0.1) is 0 Å². The molecule has 1 N–H and O–H groups in total. The molecule has 0 saturated carbocycles. The minimum atomic E-state index is -0.132. The van der Waals surface area contributed by atoms with Gasteiger partial charge in [-0.2, -0.15) is 0 Å². The number of ether oxygens (including phenoxy) is 1. The fourth-order valence-corrected chi connectivity index (χ4v) is 1.19. The summed E-state index contributed by atoms with van der Waals surface area (Å²) in [6.45, 7) is 3.82. The molecule has 0 fully saturated rings. The molecule has 4 nitrogen and oxygen atoms in total. The average Bonchev–Trinajstić information content (AvgIpc) is 2.16. The summed E-state index contributed by atoms with van der Waals surface area (Å²) in [5, 5.41) is 2.73. The van der Waals surface area contributed by atoms with Gasteiger partial charge in [0.15, 0.2) is 6.61 Å². The van der Waals surface area contributed by atoms with Crippen LogP contribution >= 0.6 is 15.9 Å². The molecule has 82 valence electrons. The number of nitrogens with zero attached hydrogens (tertiary/aromatic N) is 1. The van der Waals surface area contributed by atoms with E-state index in [1.54, 1.807) is 18.3 Å². The molecule has 0 atom stereocenters. The Kier molecular flexibility index (Phi) is 4.55. The molecule has 0 spiro atoms. The van der Waals surface area contributed by atoms with Gasteiger partial charge in [-0.1, -0.05) is 0 Å². The highest BCUT2D eigenvalue weighted by molar-refractivity contribution is 9.10. The molecule has 0 aliphatic rings. The summed E-state index contributed by atoms with van der Waals surface area (Å²) in [6, 6.07) is 3.64. The molecular weight excluding hydrogens is 260 g/mol. The minimum absolute atomic E-state index is 0.0154. The lowest BCUT2D eigenvalue weighted by Crippen LogP contribution is -2.34. The van der Waals surface area contributed by atoms with Gasteiger partial charge in [-0.3, -0.25) is 4.79 Å². The Morgan fingerprint density at radius 3 is 2.87 bits per heavy atom. The van der Waals surface area contributed by atoms with Crippen LogP contribution in [0.4, 0.5) is 0 Å². The van der Waals surface area contributed by atoms with Crippen molar-refractivity contribution in [3.8, 4) is 5.75 Å². The highest BCUT2D eigenvalue weighted by Crippen LogP contribution is 2.12. The van der Waals surface area contributed by atoms with Crippen LogP contribution < -0.4 is 10.1 Å². The Hall–Kier alpha value is -1.10. The Bertz CT molecular complexity index is 325. The first-order chi connectivity index (χ1) is 7.08. The van der Waals surface area contributed by atoms with Gasteiger partial charge in [0.25, 0.3) is 5.91 Å². The molecule has 0 radical (unpaired) electrons. The second-order valence-corrected chi connectivity index (χ2v) is 4.14. The molecule has 0 aliphatic carbocycles. The summed E-state index contributed by atoms with van der Waals surface area (Å²) in [7, 11) is 0. The molecular formula is C10H13BrN2O2. The number of hydrogen-bond acceptors (Lipinski definition) is 3. The standard InChI is InChI=1S/C10H13BrN2O2/c1-7(2)13-10(14)6-15-8-3-4-9(11)12-5-8/h3-5,7H,6H2,1-2H3,(H,13,14). The van der Waals surface area contributed by atoms with Crippen LogP contribution in [0.25, 0.3) is 0 Å². The van der Waals surface area contributed by atoms with Gasteiger partial charge in [-0.25, -0.2) is 4.98 Å². The summed E-state index contributed by atoms with van der Waals surface area (Å²) < 4.78 is 5.97. The van der Waals surface area contributed by atoms with Gasteiger partial charge in [0.1, 0.15) is 10.4 Å². The number of halogens is 1. The normalized spacial score (nSPS) is 10.1. The predicted molar refractivity (Wildman–Crippen MR) is 60.7 cm³/mol. The number of pyridine rings is 1. The van der Waals surface area contributed by atoms with E-state index in [2.05, 4.69) is 26.2 Å². The number of rotatable bonds is 4. The van der Waals surface area contributed by atoms with Gasteiger partial charge in [0.2, 0.25) is 0 Å². The van der Waals surface area contributed by atoms with Crippen molar-refractivity contribution in [3.63, 3.8) is 0 Å². The Balaban J connectivity index is 2.37. The number of nitrogens with one attached hydrogen (secondary N) is 1. The van der Waals surface area contributed by atoms with Gasteiger partial charge >= 0.3 is 0 Å². The number of carbonyl (C=O) groups is 1. The lowest BCUT2D eigenvalue weighted by atomic mass is 10.4. The van der Waals surface area contributed by atoms with Crippen LogP contribution in [0.2, 0.25) is 0 Å². The van der Waals surface area contributed by atoms with Crippen molar-refractivity contribution in [2.24, 2.45) is 0 Å². The molecule has 1 rings (SSSR count). The minimum Gasteiger partial charge on any atom is -0.482 e. The maximum absolute atomic E-state index is 11.2. The number of carbonyl (C=O) groups excluding carboxylic acids is 1. The van der Waals surface area contributed by atoms with Gasteiger partial charge in [-0.15, -0.1) is 0 Å². The highest BCUT2D eigenvalue weighted by atomic mass is 79.9. The average molecular weight is 273 g/mol. The molecule has 0 bridgehead atoms. The smallest absolute Gasteiger partial charge is 0.258 e. The molecule has 15 heavy (non-hydrogen) atoms. The van der Waals surface area contributed by atoms with Crippen LogP contribution in [-0.4, -0.2) is 23.5 Å². The third kappa shape index (κ3) is 4.78. The molecule has 0 aromatic carbocycles. The Morgan fingerprint density at radius 1 is 1.60 bits per heavy atom. The molecule has 1 aromatic heterocycles. The van der Waals surface area contributed by atoms with Crippen molar-refractivity contribution in [2.45, 2.75) is 19.9 Å². The molecule has 1 heterocycles. The monoisotopic (exact) mass is 272 g/mol. The Labute approximate surface area is 97.2 Å². The fourth-order valence-electron chi connectivity index (χ4n) is 0.960. The first kappa shape index (κ1) is 12.0. The third-order valence-corrected chi connectivity index (χ3v) is 1.99. The molecule has 5 heteroatoms. The maximum Gasteiger partial charge on any atom is 0.258 e. The van der Waals surface area contributed by atoms with E-state index in [4.69, 9.17) is 4.74 Å². The van der Waals surface area contributed by atoms with E-state index in [1.807, 2.05) is 13.8 Å². The molecule has 1 amide bonds. The molecule has 0 aliphatic heterocycles. The van der Waals surface area contributed by atoms with Gasteiger partial charge in [-0.05, 0) is 41.9 Å². The zero-order valence-corrected chi connectivity index (χ0v) is 10.2. The zero-order valence-electron chi connectivity index (χ0n) is 8.66. The van der Waals surface area contributed by atoms with Crippen molar-refractivity contribution in [1.29, 1.82) is 0 Å². The number of amides is 1. The van der Waals surface area contributed by atoms with Gasteiger partial charge in [0.05, 0.1) is 6.20 Å². The van der Waals surface area contributed by atoms with Crippen LogP contribution in [0.5, 0.6) is 5.75 Å².